The first-order valence-corrected chi connectivity index (χ1v) is 12.4. The number of hydrogen-bond acceptors (Lipinski definition) is 8. The van der Waals surface area contributed by atoms with E-state index in [1.807, 2.05) is 6.92 Å². The summed E-state index contributed by atoms with van der Waals surface area (Å²) >= 11 is 0. The Hall–Kier alpha value is -4.41. The minimum atomic E-state index is -0.897. The van der Waals surface area contributed by atoms with Crippen molar-refractivity contribution in [2.24, 2.45) is 0 Å². The summed E-state index contributed by atoms with van der Waals surface area (Å²) in [6.45, 7) is 2.78. The summed E-state index contributed by atoms with van der Waals surface area (Å²) in [5.41, 5.74) is 1.17. The Morgan fingerprint density at radius 2 is 1.61 bits per heavy atom. The van der Waals surface area contributed by atoms with E-state index in [-0.39, 0.29) is 42.5 Å². The van der Waals surface area contributed by atoms with Gasteiger partial charge in [0.15, 0.2) is 23.0 Å². The smallest absolute Gasteiger partial charge is 0.407 e. The molecule has 0 radical (unpaired) electrons. The molecule has 0 spiro atoms. The van der Waals surface area contributed by atoms with Gasteiger partial charge in [0.1, 0.15) is 6.04 Å². The van der Waals surface area contributed by atoms with Crippen LogP contribution in [0.3, 0.4) is 0 Å². The number of rotatable bonds is 14. The molecular formula is C27H35N3O8. The molecule has 2 aromatic carbocycles. The molecule has 11 nitrogen and oxygen atoms in total. The van der Waals surface area contributed by atoms with Gasteiger partial charge in [-0.3, -0.25) is 9.59 Å². The summed E-state index contributed by atoms with van der Waals surface area (Å²) in [7, 11) is 0. The molecule has 7 N–H and O–H groups in total. The topological polar surface area (TPSA) is 177 Å². The van der Waals surface area contributed by atoms with Crippen molar-refractivity contribution in [1.82, 2.24) is 16.0 Å². The third kappa shape index (κ3) is 10.7. The van der Waals surface area contributed by atoms with Gasteiger partial charge in [0.05, 0.1) is 6.61 Å². The van der Waals surface area contributed by atoms with Gasteiger partial charge in [-0.2, -0.15) is 0 Å². The van der Waals surface area contributed by atoms with E-state index in [4.69, 9.17) is 4.74 Å². The fourth-order valence-corrected chi connectivity index (χ4v) is 3.34. The summed E-state index contributed by atoms with van der Waals surface area (Å²) < 4.78 is 5.03. The molecule has 3 amide bonds. The maximum absolute atomic E-state index is 12.8. The second-order valence-corrected chi connectivity index (χ2v) is 8.57. The van der Waals surface area contributed by atoms with Crippen molar-refractivity contribution in [3.63, 3.8) is 0 Å². The molecule has 2 aromatic rings. The molecule has 0 bridgehead atoms. The molecule has 0 heterocycles. The van der Waals surface area contributed by atoms with Crippen molar-refractivity contribution in [1.29, 1.82) is 0 Å². The quantitative estimate of drug-likeness (QED) is 0.111. The van der Waals surface area contributed by atoms with Gasteiger partial charge < -0.3 is 41.1 Å². The molecular weight excluding hydrogens is 494 g/mol. The van der Waals surface area contributed by atoms with Crippen LogP contribution >= 0.6 is 0 Å². The Kier molecular flexibility index (Phi) is 12.3. The standard InChI is InChI=1S/C27H35N3O8/c1-2-3-15-38-27(37)29-13-4-5-20(26(36)28-14-12-19-7-10-22(32)24(34)17-19)30-25(35)11-8-18-6-9-21(31)23(33)16-18/h6-11,16-17,20,31-34H,2-5,12-15H2,1H3,(H,28,36)(H,29,37)(H,30,35)/b11-8+/t20-/m0/s1. The van der Waals surface area contributed by atoms with Crippen molar-refractivity contribution in [2.45, 2.75) is 45.1 Å². The molecule has 0 aliphatic rings. The largest absolute Gasteiger partial charge is 0.504 e. The SMILES string of the molecule is CCCCOC(=O)NCCC[C@H](NC(=O)/C=C/c1ccc(O)c(O)c1)C(=O)NCCc1ccc(O)c(O)c1. The summed E-state index contributed by atoms with van der Waals surface area (Å²) in [6.07, 6.45) is 4.77. The Labute approximate surface area is 221 Å². The normalized spacial score (nSPS) is 11.6. The first-order chi connectivity index (χ1) is 18.2. The first kappa shape index (κ1) is 29.8. The molecule has 11 heteroatoms. The Morgan fingerprint density at radius 3 is 2.29 bits per heavy atom. The van der Waals surface area contributed by atoms with Crippen LogP contribution in [0.5, 0.6) is 23.0 Å². The predicted molar refractivity (Wildman–Crippen MR) is 141 cm³/mol. The van der Waals surface area contributed by atoms with Gasteiger partial charge in [0.2, 0.25) is 11.8 Å². The van der Waals surface area contributed by atoms with Gasteiger partial charge in [-0.25, -0.2) is 4.79 Å². The van der Waals surface area contributed by atoms with E-state index in [0.29, 0.717) is 30.6 Å². The zero-order valence-corrected chi connectivity index (χ0v) is 21.3. The van der Waals surface area contributed by atoms with Gasteiger partial charge >= 0.3 is 6.09 Å². The highest BCUT2D eigenvalue weighted by Crippen LogP contribution is 2.26. The number of carbonyl (C=O) groups is 3. The van der Waals surface area contributed by atoms with Crippen LogP contribution in [0.2, 0.25) is 0 Å². The molecule has 2 rings (SSSR count). The summed E-state index contributed by atoms with van der Waals surface area (Å²) in [6, 6.07) is 7.57. The lowest BCUT2D eigenvalue weighted by atomic mass is 10.1. The van der Waals surface area contributed by atoms with Crippen LogP contribution in [0.4, 0.5) is 4.79 Å². The highest BCUT2D eigenvalue weighted by molar-refractivity contribution is 5.95. The van der Waals surface area contributed by atoms with Crippen molar-refractivity contribution in [3.05, 3.63) is 53.6 Å². The average molecular weight is 530 g/mol. The van der Waals surface area contributed by atoms with Crippen molar-refractivity contribution >= 4 is 24.0 Å². The number of carbonyl (C=O) groups excluding carboxylic acids is 3. The van der Waals surface area contributed by atoms with E-state index >= 15 is 0 Å². The van der Waals surface area contributed by atoms with E-state index in [1.165, 1.54) is 42.5 Å². The fraction of sp³-hybridized carbons (Fsp3) is 0.370. The summed E-state index contributed by atoms with van der Waals surface area (Å²) in [4.78, 5) is 37.0. The van der Waals surface area contributed by atoms with E-state index in [2.05, 4.69) is 16.0 Å². The number of phenolic OH excluding ortho intramolecular Hbond substituents is 4. The van der Waals surface area contributed by atoms with Crippen molar-refractivity contribution < 1.29 is 39.5 Å². The zero-order valence-electron chi connectivity index (χ0n) is 21.3. The second-order valence-electron chi connectivity index (χ2n) is 8.57. The molecule has 38 heavy (non-hydrogen) atoms. The van der Waals surface area contributed by atoms with E-state index in [0.717, 1.165) is 12.8 Å². The Bertz CT molecular complexity index is 1120. The lowest BCUT2D eigenvalue weighted by molar-refractivity contribution is -0.127. The molecule has 1 atom stereocenters. The van der Waals surface area contributed by atoms with Gasteiger partial charge in [-0.05, 0) is 67.2 Å². The highest BCUT2D eigenvalue weighted by Gasteiger charge is 2.19. The number of phenols is 4. The lowest BCUT2D eigenvalue weighted by Gasteiger charge is -2.18. The Morgan fingerprint density at radius 1 is 0.895 bits per heavy atom. The van der Waals surface area contributed by atoms with E-state index in [1.54, 1.807) is 6.07 Å². The number of alkyl carbamates (subject to hydrolysis) is 1. The minimum absolute atomic E-state index is 0.222. The third-order valence-electron chi connectivity index (χ3n) is 5.48. The van der Waals surface area contributed by atoms with Gasteiger partial charge in [0, 0.05) is 19.2 Å². The molecule has 0 aliphatic heterocycles. The van der Waals surface area contributed by atoms with Crippen LogP contribution in [0.15, 0.2) is 42.5 Å². The van der Waals surface area contributed by atoms with Crippen molar-refractivity contribution in [3.8, 4) is 23.0 Å². The van der Waals surface area contributed by atoms with Crippen molar-refractivity contribution in [2.75, 3.05) is 19.7 Å². The molecule has 0 unspecified atom stereocenters. The van der Waals surface area contributed by atoms with Gasteiger partial charge in [-0.15, -0.1) is 0 Å². The highest BCUT2D eigenvalue weighted by atomic mass is 16.5. The van der Waals surface area contributed by atoms with Crippen LogP contribution in [-0.2, 0) is 20.7 Å². The summed E-state index contributed by atoms with van der Waals surface area (Å²) in [5, 5.41) is 46.0. The number of amides is 3. The molecule has 0 aromatic heterocycles. The fourth-order valence-electron chi connectivity index (χ4n) is 3.34. The molecule has 206 valence electrons. The monoisotopic (exact) mass is 529 g/mol. The first-order valence-electron chi connectivity index (χ1n) is 12.4. The second kappa shape index (κ2) is 15.6. The van der Waals surface area contributed by atoms with Crippen LogP contribution in [0, 0.1) is 0 Å². The third-order valence-corrected chi connectivity index (χ3v) is 5.48. The van der Waals surface area contributed by atoms with Gasteiger partial charge in [0.25, 0.3) is 0 Å². The number of benzene rings is 2. The van der Waals surface area contributed by atoms with Crippen LogP contribution in [0.1, 0.15) is 43.7 Å². The van der Waals surface area contributed by atoms with Crippen LogP contribution in [0.25, 0.3) is 6.08 Å². The molecule has 0 saturated carbocycles. The van der Waals surface area contributed by atoms with Crippen LogP contribution < -0.4 is 16.0 Å². The molecule has 0 saturated heterocycles. The van der Waals surface area contributed by atoms with E-state index in [9.17, 15) is 34.8 Å². The zero-order chi connectivity index (χ0) is 27.9. The van der Waals surface area contributed by atoms with E-state index < -0.39 is 23.9 Å². The molecule has 0 fully saturated rings. The lowest BCUT2D eigenvalue weighted by Crippen LogP contribution is -2.47. The maximum atomic E-state index is 12.8. The number of nitrogens with one attached hydrogen (secondary N) is 3. The van der Waals surface area contributed by atoms with Gasteiger partial charge in [-0.1, -0.05) is 25.5 Å². The number of unbranched alkanes of at least 4 members (excludes halogenated alkanes) is 1. The number of hydrogen-bond donors (Lipinski definition) is 7. The number of aromatic hydroxyl groups is 4. The maximum Gasteiger partial charge on any atom is 0.407 e. The average Bonchev–Trinajstić information content (AvgIpc) is 2.88. The summed E-state index contributed by atoms with van der Waals surface area (Å²) in [5.74, 6) is -2.08. The molecule has 0 aliphatic carbocycles. The minimum Gasteiger partial charge on any atom is -0.504 e. The Balaban J connectivity index is 1.93. The van der Waals surface area contributed by atoms with Crippen LogP contribution in [-0.4, -0.2) is 64.1 Å². The predicted octanol–water partition coefficient (Wildman–Crippen LogP) is 2.67. The number of ether oxygens (including phenoxy) is 1.